The number of carbonyl (C=O) groups excluding carboxylic acids is 3. The Bertz CT molecular complexity index is 992. The second-order valence-corrected chi connectivity index (χ2v) is 11.5. The number of nitrogens with zero attached hydrogens (tertiary/aromatic N) is 4. The number of aliphatic hydroxyl groups excluding tert-OH is 1. The van der Waals surface area contributed by atoms with E-state index in [0.717, 1.165) is 13.4 Å². The zero-order valence-corrected chi connectivity index (χ0v) is 30.1. The van der Waals surface area contributed by atoms with Crippen molar-refractivity contribution in [3.63, 3.8) is 0 Å². The van der Waals surface area contributed by atoms with Crippen LogP contribution in [0.5, 0.6) is 0 Å². The molecule has 1 amide bonds. The number of Topliss-reactive ketones (excluding diaryl/α,β-unsaturated/α-hetero) is 1. The fraction of sp³-hybridized carbons (Fsp3) is 0.812. The highest BCUT2D eigenvalue weighted by molar-refractivity contribution is 5.78. The summed E-state index contributed by atoms with van der Waals surface area (Å²) < 4.78 is 21.5. The second-order valence-electron chi connectivity index (χ2n) is 11.5. The van der Waals surface area contributed by atoms with Crippen LogP contribution in [0.3, 0.4) is 0 Å². The second kappa shape index (κ2) is 31.6. The molecule has 0 radical (unpaired) electrons. The van der Waals surface area contributed by atoms with Crippen molar-refractivity contribution < 1.29 is 68.1 Å². The van der Waals surface area contributed by atoms with Gasteiger partial charge in [0.05, 0.1) is 72.5 Å². The van der Waals surface area contributed by atoms with Crippen LogP contribution in [0, 0.1) is 0 Å². The number of ether oxygens (including phenoxy) is 4. The first-order valence-corrected chi connectivity index (χ1v) is 17.0. The Morgan fingerprint density at radius 3 is 1.53 bits per heavy atom. The van der Waals surface area contributed by atoms with Crippen LogP contribution in [0.25, 0.3) is 0 Å². The van der Waals surface area contributed by atoms with Crippen LogP contribution in [-0.2, 0) is 47.7 Å². The third kappa shape index (κ3) is 27.2. The molecule has 0 aromatic rings. The van der Waals surface area contributed by atoms with E-state index in [9.17, 15) is 44.1 Å². The number of hydrogen-bond acceptors (Lipinski definition) is 15. The Morgan fingerprint density at radius 2 is 1.08 bits per heavy atom. The Balaban J connectivity index is 0.0000123. The predicted molar refractivity (Wildman–Crippen MR) is 183 cm³/mol. The van der Waals surface area contributed by atoms with Crippen molar-refractivity contribution in [2.24, 2.45) is 0 Å². The molecule has 0 aromatic carbocycles. The van der Waals surface area contributed by atoms with Crippen LogP contribution < -0.4 is 5.32 Å². The molecule has 19 heteroatoms. The largest absolute Gasteiger partial charge is 0.480 e. The lowest BCUT2D eigenvalue weighted by molar-refractivity contribution is -0.144. The summed E-state index contributed by atoms with van der Waals surface area (Å²) in [4.78, 5) is 76.7. The monoisotopic (exact) mass is 737 g/mol. The minimum atomic E-state index is -1.12. The van der Waals surface area contributed by atoms with Crippen molar-refractivity contribution >= 4 is 35.9 Å². The SMILES string of the molecule is CC(=O)CCOCCOCCOCCOCCNC(=O)CCC(C(=O)O)N1CCN(CC=O)CCN(CC(=O)O)CCN(CC(=O)O)CC1.CO. The normalized spacial score (nSPS) is 16.1. The summed E-state index contributed by atoms with van der Waals surface area (Å²) in [5.41, 5.74) is 0. The Kier molecular flexibility index (Phi) is 29.6. The van der Waals surface area contributed by atoms with E-state index in [1.54, 1.807) is 14.7 Å². The number of rotatable bonds is 26. The molecule has 1 atom stereocenters. The number of ketones is 1. The summed E-state index contributed by atoms with van der Waals surface area (Å²) >= 11 is 0. The van der Waals surface area contributed by atoms with Crippen molar-refractivity contribution in [2.45, 2.75) is 32.2 Å². The van der Waals surface area contributed by atoms with Gasteiger partial charge in [0.1, 0.15) is 18.1 Å². The van der Waals surface area contributed by atoms with E-state index < -0.39 is 23.9 Å². The summed E-state index contributed by atoms with van der Waals surface area (Å²) in [6.07, 6.45) is 1.08. The molecule has 1 aliphatic heterocycles. The highest BCUT2D eigenvalue weighted by Gasteiger charge is 2.28. The molecule has 1 fully saturated rings. The van der Waals surface area contributed by atoms with Gasteiger partial charge in [0.15, 0.2) is 0 Å². The van der Waals surface area contributed by atoms with Gasteiger partial charge in [-0.2, -0.15) is 0 Å². The first kappa shape index (κ1) is 47.9. The van der Waals surface area contributed by atoms with Crippen molar-refractivity contribution in [2.75, 3.05) is 139 Å². The van der Waals surface area contributed by atoms with Crippen LogP contribution in [0.4, 0.5) is 0 Å². The molecule has 1 saturated heterocycles. The van der Waals surface area contributed by atoms with Crippen LogP contribution >= 0.6 is 0 Å². The smallest absolute Gasteiger partial charge is 0.320 e. The average molecular weight is 738 g/mol. The number of aldehydes is 1. The molecule has 0 aliphatic carbocycles. The quantitative estimate of drug-likeness (QED) is 0.0458. The van der Waals surface area contributed by atoms with Crippen LogP contribution in [0.15, 0.2) is 0 Å². The van der Waals surface area contributed by atoms with E-state index in [2.05, 4.69) is 5.32 Å². The van der Waals surface area contributed by atoms with E-state index in [4.69, 9.17) is 24.1 Å². The molecule has 0 spiro atoms. The molecule has 0 aromatic heterocycles. The third-order valence-electron chi connectivity index (χ3n) is 7.58. The summed E-state index contributed by atoms with van der Waals surface area (Å²) in [6, 6.07) is -1.03. The minimum Gasteiger partial charge on any atom is -0.480 e. The predicted octanol–water partition coefficient (Wildman–Crippen LogP) is -2.42. The summed E-state index contributed by atoms with van der Waals surface area (Å²) in [6.45, 7) is 6.38. The number of carboxylic acid groups (broad SMARTS) is 3. The molecule has 1 unspecified atom stereocenters. The first-order chi connectivity index (χ1) is 24.5. The van der Waals surface area contributed by atoms with E-state index in [-0.39, 0.29) is 90.0 Å². The maximum Gasteiger partial charge on any atom is 0.320 e. The standard InChI is InChI=1S/C31H55N5O13.CH4O/c1-26(38)4-16-46-18-20-48-22-23-49-21-19-47-17-5-32-28(39)3-2-27(31(44)45)36-12-10-33(14-15-37)6-7-34(24-29(40)41)8-9-35(11-13-36)25-30(42)43;1-2/h15,27H,2-14,16-25H2,1H3,(H,32,39)(H,40,41)(H,42,43)(H,44,45);2H,1H3. The number of carbonyl (C=O) groups is 6. The summed E-state index contributed by atoms with van der Waals surface area (Å²) in [7, 11) is 1.00. The van der Waals surface area contributed by atoms with Crippen molar-refractivity contribution in [1.29, 1.82) is 0 Å². The number of nitrogens with one attached hydrogen (secondary N) is 1. The molecule has 0 bridgehead atoms. The molecule has 296 valence electrons. The van der Waals surface area contributed by atoms with Gasteiger partial charge >= 0.3 is 17.9 Å². The molecule has 1 aliphatic rings. The fourth-order valence-corrected chi connectivity index (χ4v) is 4.91. The maximum atomic E-state index is 12.5. The lowest BCUT2D eigenvalue weighted by Crippen LogP contribution is -2.51. The zero-order valence-electron chi connectivity index (χ0n) is 30.1. The Morgan fingerprint density at radius 1 is 0.647 bits per heavy atom. The lowest BCUT2D eigenvalue weighted by Gasteiger charge is -2.35. The van der Waals surface area contributed by atoms with E-state index in [0.29, 0.717) is 72.3 Å². The lowest BCUT2D eigenvalue weighted by atomic mass is 10.1. The number of hydrogen-bond donors (Lipinski definition) is 5. The molecule has 1 rings (SSSR count). The van der Waals surface area contributed by atoms with Crippen LogP contribution in [0.2, 0.25) is 0 Å². The maximum absolute atomic E-state index is 12.5. The Labute approximate surface area is 299 Å². The number of aliphatic hydroxyl groups is 1. The highest BCUT2D eigenvalue weighted by Crippen LogP contribution is 2.10. The first-order valence-electron chi connectivity index (χ1n) is 17.0. The van der Waals surface area contributed by atoms with Gasteiger partial charge < -0.3 is 49.5 Å². The molecule has 51 heavy (non-hydrogen) atoms. The van der Waals surface area contributed by atoms with E-state index in [1.165, 1.54) is 6.92 Å². The van der Waals surface area contributed by atoms with Gasteiger partial charge in [0.25, 0.3) is 0 Å². The van der Waals surface area contributed by atoms with Gasteiger partial charge in [0, 0.05) is 78.9 Å². The Hall–Kier alpha value is -3.14. The fourth-order valence-electron chi connectivity index (χ4n) is 4.91. The zero-order chi connectivity index (χ0) is 38.3. The topological polar surface area (TPSA) is 245 Å². The van der Waals surface area contributed by atoms with Gasteiger partial charge in [-0.05, 0) is 13.3 Å². The molecule has 0 saturated carbocycles. The minimum absolute atomic E-state index is 0.0154. The van der Waals surface area contributed by atoms with Crippen LogP contribution in [-0.4, -0.2) is 220 Å². The van der Waals surface area contributed by atoms with Crippen molar-refractivity contribution in [3.05, 3.63) is 0 Å². The van der Waals surface area contributed by atoms with E-state index >= 15 is 0 Å². The molecule has 1 heterocycles. The molecule has 5 N–H and O–H groups in total. The van der Waals surface area contributed by atoms with Gasteiger partial charge in [0.2, 0.25) is 5.91 Å². The molecule has 19 nitrogen and oxygen atoms in total. The van der Waals surface area contributed by atoms with Gasteiger partial charge in [-0.15, -0.1) is 0 Å². The van der Waals surface area contributed by atoms with Crippen molar-refractivity contribution in [3.8, 4) is 0 Å². The molecular formula is C32H59N5O14. The van der Waals surface area contributed by atoms with Gasteiger partial charge in [-0.1, -0.05) is 0 Å². The summed E-state index contributed by atoms with van der Waals surface area (Å²) in [5.74, 6) is -3.45. The van der Waals surface area contributed by atoms with Gasteiger partial charge in [-0.25, -0.2) is 0 Å². The van der Waals surface area contributed by atoms with Crippen molar-refractivity contribution in [1.82, 2.24) is 24.9 Å². The average Bonchev–Trinajstić information content (AvgIpc) is 3.07. The molecular weight excluding hydrogens is 678 g/mol. The van der Waals surface area contributed by atoms with E-state index in [1.807, 2.05) is 4.90 Å². The third-order valence-corrected chi connectivity index (χ3v) is 7.58. The number of amides is 1. The number of carboxylic acids is 3. The number of aliphatic carboxylic acids is 3. The van der Waals surface area contributed by atoms with Gasteiger partial charge in [-0.3, -0.25) is 43.6 Å². The highest BCUT2D eigenvalue weighted by atomic mass is 16.6. The van der Waals surface area contributed by atoms with Crippen LogP contribution in [0.1, 0.15) is 26.2 Å². The summed E-state index contributed by atoms with van der Waals surface area (Å²) in [5, 5.41) is 38.5.